The maximum atomic E-state index is 13.8. The van der Waals surface area contributed by atoms with Crippen LogP contribution >= 0.6 is 0 Å². The third-order valence-corrected chi connectivity index (χ3v) is 3.90. The molecule has 16 heavy (non-hydrogen) atoms. The van der Waals surface area contributed by atoms with Crippen molar-refractivity contribution in [2.24, 2.45) is 11.8 Å². The summed E-state index contributed by atoms with van der Waals surface area (Å²) in [6, 6.07) is 0. The average molecular weight is 236 g/mol. The Bertz CT molecular complexity index is 205. The van der Waals surface area contributed by atoms with Gasteiger partial charge >= 0.3 is 0 Å². The van der Waals surface area contributed by atoms with E-state index in [0.717, 1.165) is 38.7 Å². The van der Waals surface area contributed by atoms with Crippen molar-refractivity contribution in [2.45, 2.75) is 57.5 Å². The molecule has 0 amide bonds. The summed E-state index contributed by atoms with van der Waals surface area (Å²) in [7, 11) is 0. The van der Waals surface area contributed by atoms with Gasteiger partial charge in [0.25, 0.3) is 0 Å². The summed E-state index contributed by atoms with van der Waals surface area (Å²) in [4.78, 5) is 0. The molecule has 1 aliphatic heterocycles. The predicted octanol–water partition coefficient (Wildman–Crippen LogP) is 2.45. The van der Waals surface area contributed by atoms with Gasteiger partial charge in [-0.05, 0) is 38.0 Å². The lowest BCUT2D eigenvalue weighted by atomic mass is 9.76. The second kappa shape index (κ2) is 5.92. The SMILES string of the molecule is CC1CCC(C2CCCCO2)C(F)C1F.O. The van der Waals surface area contributed by atoms with Gasteiger partial charge in [0.2, 0.25) is 0 Å². The first-order valence-electron chi connectivity index (χ1n) is 6.10. The molecule has 0 radical (unpaired) electrons. The molecule has 0 bridgehead atoms. The number of rotatable bonds is 1. The molecule has 0 spiro atoms. The maximum Gasteiger partial charge on any atom is 0.137 e. The van der Waals surface area contributed by atoms with Gasteiger partial charge in [0.1, 0.15) is 12.3 Å². The molecule has 0 aromatic heterocycles. The largest absolute Gasteiger partial charge is 0.412 e. The van der Waals surface area contributed by atoms with Crippen molar-refractivity contribution < 1.29 is 19.0 Å². The van der Waals surface area contributed by atoms with E-state index in [1.807, 2.05) is 0 Å². The van der Waals surface area contributed by atoms with Gasteiger partial charge < -0.3 is 10.2 Å². The number of alkyl halides is 2. The smallest absolute Gasteiger partial charge is 0.137 e. The van der Waals surface area contributed by atoms with Gasteiger partial charge in [-0.2, -0.15) is 0 Å². The fraction of sp³-hybridized carbons (Fsp3) is 1.00. The zero-order valence-corrected chi connectivity index (χ0v) is 9.79. The molecule has 1 heterocycles. The monoisotopic (exact) mass is 236 g/mol. The lowest BCUT2D eigenvalue weighted by molar-refractivity contribution is -0.0815. The highest BCUT2D eigenvalue weighted by molar-refractivity contribution is 4.90. The number of ether oxygens (including phenoxy) is 1. The first-order valence-corrected chi connectivity index (χ1v) is 6.10. The molecule has 2 N–H and O–H groups in total. The molecule has 1 aliphatic carbocycles. The van der Waals surface area contributed by atoms with Crippen molar-refractivity contribution in [1.29, 1.82) is 0 Å². The highest BCUT2D eigenvalue weighted by Crippen LogP contribution is 2.38. The van der Waals surface area contributed by atoms with Crippen LogP contribution in [0.1, 0.15) is 39.0 Å². The lowest BCUT2D eigenvalue weighted by Gasteiger charge is -2.38. The second-order valence-electron chi connectivity index (χ2n) is 5.01. The fourth-order valence-corrected chi connectivity index (χ4v) is 2.82. The summed E-state index contributed by atoms with van der Waals surface area (Å²) in [6.45, 7) is 2.52. The third-order valence-electron chi connectivity index (χ3n) is 3.90. The summed E-state index contributed by atoms with van der Waals surface area (Å²) >= 11 is 0. The summed E-state index contributed by atoms with van der Waals surface area (Å²) in [5.41, 5.74) is 0. The highest BCUT2D eigenvalue weighted by atomic mass is 19.2. The molecule has 1 saturated carbocycles. The molecule has 0 aromatic rings. The van der Waals surface area contributed by atoms with E-state index < -0.39 is 12.3 Å². The zero-order valence-electron chi connectivity index (χ0n) is 9.79. The summed E-state index contributed by atoms with van der Waals surface area (Å²) < 4.78 is 32.9. The van der Waals surface area contributed by atoms with Crippen LogP contribution in [0.3, 0.4) is 0 Å². The predicted molar refractivity (Wildman–Crippen MR) is 58.9 cm³/mol. The van der Waals surface area contributed by atoms with Gasteiger partial charge in [0.15, 0.2) is 0 Å². The van der Waals surface area contributed by atoms with E-state index in [0.29, 0.717) is 0 Å². The van der Waals surface area contributed by atoms with Gasteiger partial charge in [0, 0.05) is 12.5 Å². The minimum atomic E-state index is -1.31. The minimum absolute atomic E-state index is 0. The van der Waals surface area contributed by atoms with Crippen LogP contribution < -0.4 is 0 Å². The van der Waals surface area contributed by atoms with E-state index in [2.05, 4.69) is 0 Å². The van der Waals surface area contributed by atoms with Crippen LogP contribution in [-0.4, -0.2) is 30.5 Å². The summed E-state index contributed by atoms with van der Waals surface area (Å²) in [5, 5.41) is 0. The Balaban J connectivity index is 0.00000128. The van der Waals surface area contributed by atoms with Crippen LogP contribution in [0, 0.1) is 11.8 Å². The first kappa shape index (κ1) is 13.8. The lowest BCUT2D eigenvalue weighted by Crippen LogP contribution is -2.44. The molecule has 0 aromatic carbocycles. The Morgan fingerprint density at radius 2 is 1.75 bits per heavy atom. The minimum Gasteiger partial charge on any atom is -0.412 e. The van der Waals surface area contributed by atoms with Crippen molar-refractivity contribution in [3.8, 4) is 0 Å². The van der Waals surface area contributed by atoms with Crippen molar-refractivity contribution in [3.63, 3.8) is 0 Å². The molecule has 5 atom stereocenters. The van der Waals surface area contributed by atoms with Crippen LogP contribution in [0.4, 0.5) is 8.78 Å². The molecular formula is C12H22F2O2. The Morgan fingerprint density at radius 1 is 1.00 bits per heavy atom. The van der Waals surface area contributed by atoms with Crippen LogP contribution in [0.5, 0.6) is 0 Å². The Morgan fingerprint density at radius 3 is 2.38 bits per heavy atom. The van der Waals surface area contributed by atoms with E-state index in [1.54, 1.807) is 6.92 Å². The average Bonchev–Trinajstić information content (AvgIpc) is 2.27. The topological polar surface area (TPSA) is 40.7 Å². The van der Waals surface area contributed by atoms with E-state index in [1.165, 1.54) is 0 Å². The van der Waals surface area contributed by atoms with E-state index in [4.69, 9.17) is 4.74 Å². The molecule has 2 aliphatic rings. The Kier molecular flexibility index (Phi) is 5.12. The van der Waals surface area contributed by atoms with E-state index in [-0.39, 0.29) is 23.4 Å². The zero-order chi connectivity index (χ0) is 10.8. The van der Waals surface area contributed by atoms with Crippen LogP contribution in [0.2, 0.25) is 0 Å². The van der Waals surface area contributed by atoms with Crippen LogP contribution in [-0.2, 0) is 4.74 Å². The molecule has 5 unspecified atom stereocenters. The van der Waals surface area contributed by atoms with Gasteiger partial charge in [-0.3, -0.25) is 0 Å². The molecule has 2 nitrogen and oxygen atoms in total. The number of hydrogen-bond acceptors (Lipinski definition) is 1. The van der Waals surface area contributed by atoms with Crippen molar-refractivity contribution in [3.05, 3.63) is 0 Å². The van der Waals surface area contributed by atoms with Gasteiger partial charge in [0.05, 0.1) is 6.10 Å². The molecule has 4 heteroatoms. The molecular weight excluding hydrogens is 214 g/mol. The van der Waals surface area contributed by atoms with Crippen LogP contribution in [0.25, 0.3) is 0 Å². The second-order valence-corrected chi connectivity index (χ2v) is 5.01. The van der Waals surface area contributed by atoms with Crippen molar-refractivity contribution in [1.82, 2.24) is 0 Å². The molecule has 96 valence electrons. The van der Waals surface area contributed by atoms with Crippen molar-refractivity contribution >= 4 is 0 Å². The van der Waals surface area contributed by atoms with E-state index >= 15 is 0 Å². The standard InChI is InChI=1S/C12H20F2O.H2O/c1-8-5-6-9(12(14)11(8)13)10-4-2-3-7-15-10;/h8-12H,2-7H2,1H3;1H2. The van der Waals surface area contributed by atoms with Gasteiger partial charge in [-0.25, -0.2) is 8.78 Å². The quantitative estimate of drug-likeness (QED) is 0.689. The van der Waals surface area contributed by atoms with Crippen molar-refractivity contribution in [2.75, 3.05) is 6.61 Å². The highest BCUT2D eigenvalue weighted by Gasteiger charge is 2.42. The Hall–Kier alpha value is -0.220. The molecule has 2 fully saturated rings. The fourth-order valence-electron chi connectivity index (χ4n) is 2.82. The molecule has 2 rings (SSSR count). The summed E-state index contributed by atoms with van der Waals surface area (Å²) in [6.07, 6.45) is 2.03. The molecule has 1 saturated heterocycles. The van der Waals surface area contributed by atoms with Crippen LogP contribution in [0.15, 0.2) is 0 Å². The maximum absolute atomic E-state index is 13.8. The number of halogens is 2. The van der Waals surface area contributed by atoms with Gasteiger partial charge in [-0.1, -0.05) is 6.92 Å². The first-order chi connectivity index (χ1) is 7.20. The Labute approximate surface area is 95.7 Å². The number of hydrogen-bond donors (Lipinski definition) is 0. The van der Waals surface area contributed by atoms with Gasteiger partial charge in [-0.15, -0.1) is 0 Å². The summed E-state index contributed by atoms with van der Waals surface area (Å²) in [5.74, 6) is -0.323. The normalized spacial score (nSPS) is 44.8. The van der Waals surface area contributed by atoms with E-state index in [9.17, 15) is 8.78 Å². The third kappa shape index (κ3) is 2.72.